The molecule has 3 rings (SSSR count). The molecule has 5 N–H and O–H groups in total. The van der Waals surface area contributed by atoms with Crippen LogP contribution < -0.4 is 16.4 Å². The molecule has 0 spiro atoms. The molecule has 1 saturated heterocycles. The van der Waals surface area contributed by atoms with E-state index in [0.717, 1.165) is 18.5 Å². The number of nitrogens with zero attached hydrogens (tertiary/aromatic N) is 1. The molecule has 1 aliphatic rings. The van der Waals surface area contributed by atoms with Gasteiger partial charge in [-0.05, 0) is 23.5 Å². The van der Waals surface area contributed by atoms with Crippen molar-refractivity contribution in [2.75, 3.05) is 6.54 Å². The van der Waals surface area contributed by atoms with Crippen LogP contribution in [0.25, 0.3) is 0 Å². The highest BCUT2D eigenvalue weighted by Crippen LogP contribution is 2.26. The number of carbonyl (C=O) groups excluding carboxylic acids is 2. The number of rotatable bonds is 8. The number of benzene rings is 2. The van der Waals surface area contributed by atoms with Gasteiger partial charge in [-0.1, -0.05) is 66.7 Å². The van der Waals surface area contributed by atoms with Crippen LogP contribution in [-0.2, 0) is 16.1 Å². The smallest absolute Gasteiger partial charge is 0.223 e. The second kappa shape index (κ2) is 10.0. The van der Waals surface area contributed by atoms with Crippen molar-refractivity contribution in [1.29, 1.82) is 0 Å². The molecule has 7 heteroatoms. The first kappa shape index (κ1) is 21.5. The van der Waals surface area contributed by atoms with Gasteiger partial charge in [0.25, 0.3) is 0 Å². The van der Waals surface area contributed by atoms with E-state index in [1.54, 1.807) is 31.2 Å². The summed E-state index contributed by atoms with van der Waals surface area (Å²) >= 11 is 0. The third kappa shape index (κ3) is 5.45. The van der Waals surface area contributed by atoms with Gasteiger partial charge in [0.05, 0.1) is 6.04 Å². The largest absolute Gasteiger partial charge is 0.409 e. The highest BCUT2D eigenvalue weighted by Gasteiger charge is 2.31. The first-order valence-electron chi connectivity index (χ1n) is 10.1. The van der Waals surface area contributed by atoms with Gasteiger partial charge in [-0.15, -0.1) is 0 Å². The van der Waals surface area contributed by atoms with Crippen LogP contribution in [0.1, 0.15) is 42.4 Å². The van der Waals surface area contributed by atoms with Crippen LogP contribution in [0.2, 0.25) is 0 Å². The van der Waals surface area contributed by atoms with Gasteiger partial charge in [0.2, 0.25) is 5.91 Å². The standard InChI is InChI=1S/C23H28N4O3/c1-15(23(29)26-13-16-7-9-18(10-8-16)22(24)27-30)11-21(28)20-12-19(14-25-20)17-5-3-2-4-6-17/h2-10,15,19-20,25,30H,11-14H2,1H3,(H2,24,27)(H,26,29)/t15?,19-,20+/m0/s1. The number of oxime groups is 1. The summed E-state index contributed by atoms with van der Waals surface area (Å²) in [5, 5.41) is 17.8. The monoisotopic (exact) mass is 408 g/mol. The Morgan fingerprint density at radius 3 is 2.57 bits per heavy atom. The Hall–Kier alpha value is -3.19. The van der Waals surface area contributed by atoms with E-state index in [1.165, 1.54) is 5.56 Å². The number of amides is 1. The van der Waals surface area contributed by atoms with Crippen molar-refractivity contribution in [2.45, 2.75) is 38.3 Å². The minimum Gasteiger partial charge on any atom is -0.409 e. The summed E-state index contributed by atoms with van der Waals surface area (Å²) in [7, 11) is 0. The fourth-order valence-electron chi connectivity index (χ4n) is 3.71. The van der Waals surface area contributed by atoms with Crippen LogP contribution in [0.4, 0.5) is 0 Å². The van der Waals surface area contributed by atoms with Crippen LogP contribution >= 0.6 is 0 Å². The Morgan fingerprint density at radius 2 is 1.90 bits per heavy atom. The van der Waals surface area contributed by atoms with Crippen LogP contribution in [0, 0.1) is 5.92 Å². The van der Waals surface area contributed by atoms with Gasteiger partial charge < -0.3 is 21.6 Å². The summed E-state index contributed by atoms with van der Waals surface area (Å²) in [6, 6.07) is 17.0. The second-order valence-electron chi connectivity index (χ2n) is 7.78. The highest BCUT2D eigenvalue weighted by atomic mass is 16.4. The first-order chi connectivity index (χ1) is 14.5. The summed E-state index contributed by atoms with van der Waals surface area (Å²) in [5.41, 5.74) is 8.27. The van der Waals surface area contributed by atoms with Crippen molar-refractivity contribution < 1.29 is 14.8 Å². The van der Waals surface area contributed by atoms with E-state index in [-0.39, 0.29) is 30.0 Å². The lowest BCUT2D eigenvalue weighted by Crippen LogP contribution is -2.35. The van der Waals surface area contributed by atoms with Crippen molar-refractivity contribution in [3.8, 4) is 0 Å². The van der Waals surface area contributed by atoms with Crippen molar-refractivity contribution >= 4 is 17.5 Å². The average Bonchev–Trinajstić information content (AvgIpc) is 3.28. The van der Waals surface area contributed by atoms with Crippen LogP contribution in [-0.4, -0.2) is 35.3 Å². The Morgan fingerprint density at radius 1 is 1.20 bits per heavy atom. The van der Waals surface area contributed by atoms with Crippen molar-refractivity contribution in [3.63, 3.8) is 0 Å². The molecule has 2 aromatic rings. The molecule has 30 heavy (non-hydrogen) atoms. The lowest BCUT2D eigenvalue weighted by Gasteiger charge is -2.15. The first-order valence-corrected chi connectivity index (χ1v) is 10.1. The Labute approximate surface area is 176 Å². The molecule has 1 heterocycles. The number of nitrogens with two attached hydrogens (primary N) is 1. The normalized spacial score (nSPS) is 20.0. The minimum absolute atomic E-state index is 0.0349. The highest BCUT2D eigenvalue weighted by molar-refractivity contribution is 5.97. The Bertz CT molecular complexity index is 896. The number of hydrogen-bond donors (Lipinski definition) is 4. The molecule has 0 aliphatic carbocycles. The fraction of sp³-hybridized carbons (Fsp3) is 0.348. The molecule has 0 radical (unpaired) electrons. The number of carbonyl (C=O) groups is 2. The van der Waals surface area contributed by atoms with Gasteiger partial charge in [-0.2, -0.15) is 0 Å². The van der Waals surface area contributed by atoms with E-state index in [2.05, 4.69) is 27.9 Å². The third-order valence-electron chi connectivity index (χ3n) is 5.57. The predicted octanol–water partition coefficient (Wildman–Crippen LogP) is 2.14. The van der Waals surface area contributed by atoms with Crippen molar-refractivity contribution in [1.82, 2.24) is 10.6 Å². The van der Waals surface area contributed by atoms with Crippen molar-refractivity contribution in [2.24, 2.45) is 16.8 Å². The van der Waals surface area contributed by atoms with E-state index in [1.807, 2.05) is 18.2 Å². The van der Waals surface area contributed by atoms with E-state index in [9.17, 15) is 9.59 Å². The van der Waals surface area contributed by atoms with E-state index in [4.69, 9.17) is 10.9 Å². The van der Waals surface area contributed by atoms with Gasteiger partial charge in [0.15, 0.2) is 11.6 Å². The lowest BCUT2D eigenvalue weighted by atomic mass is 9.92. The zero-order chi connectivity index (χ0) is 21.5. The molecule has 2 aromatic carbocycles. The van der Waals surface area contributed by atoms with Gasteiger partial charge >= 0.3 is 0 Å². The quantitative estimate of drug-likeness (QED) is 0.231. The molecule has 1 amide bonds. The zero-order valence-corrected chi connectivity index (χ0v) is 17.0. The number of amidine groups is 1. The molecular formula is C23H28N4O3. The van der Waals surface area contributed by atoms with Crippen molar-refractivity contribution in [3.05, 3.63) is 71.3 Å². The maximum Gasteiger partial charge on any atom is 0.223 e. The average molecular weight is 409 g/mol. The summed E-state index contributed by atoms with van der Waals surface area (Å²) in [4.78, 5) is 25.1. The molecule has 0 aromatic heterocycles. The van der Waals surface area contributed by atoms with Crippen LogP contribution in [0.3, 0.4) is 0 Å². The van der Waals surface area contributed by atoms with E-state index in [0.29, 0.717) is 18.0 Å². The summed E-state index contributed by atoms with van der Waals surface area (Å²) in [6.07, 6.45) is 0.983. The maximum atomic E-state index is 12.7. The lowest BCUT2D eigenvalue weighted by molar-refractivity contribution is -0.129. The van der Waals surface area contributed by atoms with Gasteiger partial charge in [-0.3, -0.25) is 9.59 Å². The van der Waals surface area contributed by atoms with Gasteiger partial charge in [0.1, 0.15) is 0 Å². The molecule has 0 bridgehead atoms. The molecule has 1 unspecified atom stereocenters. The third-order valence-corrected chi connectivity index (χ3v) is 5.57. The predicted molar refractivity (Wildman–Crippen MR) is 115 cm³/mol. The zero-order valence-electron chi connectivity index (χ0n) is 17.0. The number of ketones is 1. The molecule has 1 aliphatic heterocycles. The number of Topliss-reactive ketones (excluding diaryl/α,β-unsaturated/α-hetero) is 1. The molecule has 3 atom stereocenters. The Kier molecular flexibility index (Phi) is 7.19. The topological polar surface area (TPSA) is 117 Å². The summed E-state index contributed by atoms with van der Waals surface area (Å²) in [6.45, 7) is 2.91. The van der Waals surface area contributed by atoms with Gasteiger partial charge in [0, 0.05) is 31.0 Å². The van der Waals surface area contributed by atoms with Crippen LogP contribution in [0.5, 0.6) is 0 Å². The minimum atomic E-state index is -0.397. The number of hydrogen-bond acceptors (Lipinski definition) is 5. The molecular weight excluding hydrogens is 380 g/mol. The summed E-state index contributed by atoms with van der Waals surface area (Å²) in [5.74, 6) is -0.0999. The van der Waals surface area contributed by atoms with E-state index >= 15 is 0 Å². The van der Waals surface area contributed by atoms with E-state index < -0.39 is 5.92 Å². The SMILES string of the molecule is CC(CC(=O)[C@H]1C[C@H](c2ccccc2)CN1)C(=O)NCc1ccc(/C(N)=N/O)cc1. The molecule has 158 valence electrons. The van der Waals surface area contributed by atoms with Gasteiger partial charge in [-0.25, -0.2) is 0 Å². The molecule has 7 nitrogen and oxygen atoms in total. The molecule has 1 fully saturated rings. The maximum absolute atomic E-state index is 12.7. The number of nitrogens with one attached hydrogen (secondary N) is 2. The summed E-state index contributed by atoms with van der Waals surface area (Å²) < 4.78 is 0. The fourth-order valence-corrected chi connectivity index (χ4v) is 3.71. The van der Waals surface area contributed by atoms with Crippen LogP contribution in [0.15, 0.2) is 59.8 Å². The molecule has 0 saturated carbocycles. The second-order valence-corrected chi connectivity index (χ2v) is 7.78. The Balaban J connectivity index is 1.45.